The Bertz CT molecular complexity index is 1310. The summed E-state index contributed by atoms with van der Waals surface area (Å²) in [6.45, 7) is 3.74. The molecule has 0 saturated carbocycles. The number of ether oxygens (including phenoxy) is 4. The molecule has 1 saturated heterocycles. The van der Waals surface area contributed by atoms with Crippen molar-refractivity contribution in [2.24, 2.45) is 0 Å². The van der Waals surface area contributed by atoms with Crippen molar-refractivity contribution in [1.29, 1.82) is 0 Å². The molecule has 0 aliphatic carbocycles. The van der Waals surface area contributed by atoms with Crippen molar-refractivity contribution in [3.05, 3.63) is 48.6 Å². The molecule has 1 aliphatic heterocycles. The molecule has 1 heterocycles. The van der Waals surface area contributed by atoms with E-state index in [2.05, 4.69) is 62.5 Å². The third-order valence-corrected chi connectivity index (χ3v) is 12.7. The fraction of sp³-hybridized carbons (Fsp3) is 0.807. The first kappa shape index (κ1) is 63.2. The van der Waals surface area contributed by atoms with Gasteiger partial charge in [-0.25, -0.2) is 4.79 Å². The molecule has 0 radical (unpaired) electrons. The molecular weight excluding hydrogens is 861 g/mol. The lowest BCUT2D eigenvalue weighted by Gasteiger charge is -2.38. The van der Waals surface area contributed by atoms with Gasteiger partial charge >= 0.3 is 17.9 Å². The summed E-state index contributed by atoms with van der Waals surface area (Å²) in [5.74, 6) is -2.44. The number of unbranched alkanes of at least 4 members (excludes halogenated alkanes) is 28. The maximum absolute atomic E-state index is 12.9. The number of rotatable bonds is 47. The van der Waals surface area contributed by atoms with Gasteiger partial charge in [-0.1, -0.05) is 229 Å². The van der Waals surface area contributed by atoms with Gasteiger partial charge in [0, 0.05) is 12.8 Å². The average Bonchev–Trinajstić information content (AvgIpc) is 3.32. The third-order valence-electron chi connectivity index (χ3n) is 12.7. The zero-order chi connectivity index (χ0) is 49.6. The molecule has 0 bridgehead atoms. The molecule has 0 aromatic rings. The molecule has 1 rings (SSSR count). The second-order valence-electron chi connectivity index (χ2n) is 19.1. The number of hydrogen-bond donors (Lipinski definition) is 4. The van der Waals surface area contributed by atoms with Crippen LogP contribution in [0.2, 0.25) is 0 Å². The first-order chi connectivity index (χ1) is 33.2. The first-order valence-electron chi connectivity index (χ1n) is 27.7. The van der Waals surface area contributed by atoms with E-state index in [9.17, 15) is 34.8 Å². The number of carboxylic acid groups (broad SMARTS) is 1. The van der Waals surface area contributed by atoms with Gasteiger partial charge in [-0.05, 0) is 51.4 Å². The normalized spacial score (nSPS) is 19.2. The Morgan fingerprint density at radius 1 is 0.471 bits per heavy atom. The van der Waals surface area contributed by atoms with Crippen LogP contribution >= 0.6 is 0 Å². The summed E-state index contributed by atoms with van der Waals surface area (Å²) < 4.78 is 21.9. The van der Waals surface area contributed by atoms with Crippen molar-refractivity contribution in [2.45, 2.75) is 282 Å². The van der Waals surface area contributed by atoms with E-state index < -0.39 is 54.7 Å². The molecule has 6 atom stereocenters. The van der Waals surface area contributed by atoms with Crippen LogP contribution in [0.3, 0.4) is 0 Å². The molecular formula is C57H100O11. The van der Waals surface area contributed by atoms with E-state index in [1.165, 1.54) is 135 Å². The predicted octanol–water partition coefficient (Wildman–Crippen LogP) is 13.7. The molecule has 1 aliphatic rings. The van der Waals surface area contributed by atoms with Crippen molar-refractivity contribution >= 4 is 17.9 Å². The summed E-state index contributed by atoms with van der Waals surface area (Å²) >= 11 is 0. The van der Waals surface area contributed by atoms with Gasteiger partial charge in [-0.15, -0.1) is 0 Å². The van der Waals surface area contributed by atoms with E-state index in [4.69, 9.17) is 18.9 Å². The molecule has 4 N–H and O–H groups in total. The van der Waals surface area contributed by atoms with Crippen LogP contribution in [0.25, 0.3) is 0 Å². The minimum absolute atomic E-state index is 0.185. The SMILES string of the molecule is CC/C=C\C/C=C\C/C=C\C/C=C\CCCCCCCCCCCCC(=O)OCC(COC1OC(C(=O)O)C(O)C(O)C1O)OC(=O)CCCCCCCCCCCCCCCCCCCCC. The number of allylic oxidation sites excluding steroid dienone is 8. The Morgan fingerprint density at radius 2 is 0.868 bits per heavy atom. The van der Waals surface area contributed by atoms with Gasteiger partial charge in [-0.3, -0.25) is 9.59 Å². The average molecular weight is 961 g/mol. The zero-order valence-electron chi connectivity index (χ0n) is 43.1. The van der Waals surface area contributed by atoms with E-state index in [1.807, 2.05) is 0 Å². The minimum Gasteiger partial charge on any atom is -0.479 e. The van der Waals surface area contributed by atoms with E-state index in [0.29, 0.717) is 12.8 Å². The fourth-order valence-corrected chi connectivity index (χ4v) is 8.40. The molecule has 1 fully saturated rings. The summed E-state index contributed by atoms with van der Waals surface area (Å²) in [4.78, 5) is 37.1. The highest BCUT2D eigenvalue weighted by molar-refractivity contribution is 5.73. The standard InChI is InChI=1S/C57H100O11/c1-3-5-7-9-11-13-15-17-19-21-23-24-25-26-28-29-31-33-35-37-39-41-43-45-50(58)65-47-49(48-66-57-54(62)52(60)53(61)55(68-57)56(63)64)67-51(59)46-44-42-40-38-36-34-32-30-27-22-20-18-16-14-12-10-8-6-4-2/h5,7,11,13,17,19,23-24,49,52-55,57,60-62H,3-4,6,8-10,12,14-16,18,20-22,25-48H2,1-2H3,(H,63,64)/b7-5-,13-11-,19-17-,24-23-. The molecule has 0 amide bonds. The number of aliphatic carboxylic acids is 1. The van der Waals surface area contributed by atoms with Gasteiger partial charge in [0.25, 0.3) is 0 Å². The Hall–Kier alpha value is -2.83. The van der Waals surface area contributed by atoms with E-state index >= 15 is 0 Å². The van der Waals surface area contributed by atoms with Crippen molar-refractivity contribution in [1.82, 2.24) is 0 Å². The number of carboxylic acids is 1. The van der Waals surface area contributed by atoms with E-state index in [-0.39, 0.29) is 26.1 Å². The number of carbonyl (C=O) groups excluding carboxylic acids is 2. The Balaban J connectivity index is 2.25. The monoisotopic (exact) mass is 961 g/mol. The summed E-state index contributed by atoms with van der Waals surface area (Å²) in [7, 11) is 0. The van der Waals surface area contributed by atoms with Crippen LogP contribution in [-0.4, -0.2) is 88.4 Å². The van der Waals surface area contributed by atoms with Crippen molar-refractivity contribution in [3.8, 4) is 0 Å². The second kappa shape index (κ2) is 46.5. The van der Waals surface area contributed by atoms with Gasteiger partial charge in [0.05, 0.1) is 6.61 Å². The number of aliphatic hydroxyl groups is 3. The molecule has 11 nitrogen and oxygen atoms in total. The Morgan fingerprint density at radius 3 is 1.31 bits per heavy atom. The second-order valence-corrected chi connectivity index (χ2v) is 19.1. The van der Waals surface area contributed by atoms with Crippen LogP contribution < -0.4 is 0 Å². The maximum atomic E-state index is 12.9. The third kappa shape index (κ3) is 37.1. The summed E-state index contributed by atoms with van der Waals surface area (Å²) in [5.41, 5.74) is 0. The minimum atomic E-state index is -1.86. The molecule has 0 aromatic heterocycles. The van der Waals surface area contributed by atoms with Crippen molar-refractivity contribution < 1.29 is 53.8 Å². The molecule has 11 heteroatoms. The van der Waals surface area contributed by atoms with Crippen LogP contribution in [0, 0.1) is 0 Å². The van der Waals surface area contributed by atoms with Gasteiger partial charge in [-0.2, -0.15) is 0 Å². The number of hydrogen-bond acceptors (Lipinski definition) is 10. The highest BCUT2D eigenvalue weighted by Crippen LogP contribution is 2.23. The largest absolute Gasteiger partial charge is 0.479 e. The highest BCUT2D eigenvalue weighted by atomic mass is 16.7. The van der Waals surface area contributed by atoms with Gasteiger partial charge in [0.1, 0.15) is 24.9 Å². The maximum Gasteiger partial charge on any atom is 0.335 e. The number of esters is 2. The lowest BCUT2D eigenvalue weighted by atomic mass is 9.99. The molecule has 68 heavy (non-hydrogen) atoms. The van der Waals surface area contributed by atoms with E-state index in [0.717, 1.165) is 70.6 Å². The molecule has 6 unspecified atom stereocenters. The molecule has 0 aromatic carbocycles. The van der Waals surface area contributed by atoms with Crippen LogP contribution in [0.5, 0.6) is 0 Å². The van der Waals surface area contributed by atoms with Crippen LogP contribution in [-0.2, 0) is 33.3 Å². The Kier molecular flexibility index (Phi) is 43.3. The molecule has 394 valence electrons. The quantitative estimate of drug-likeness (QED) is 0.0260. The molecule has 0 spiro atoms. The first-order valence-corrected chi connectivity index (χ1v) is 27.7. The highest BCUT2D eigenvalue weighted by Gasteiger charge is 2.47. The lowest BCUT2D eigenvalue weighted by molar-refractivity contribution is -0.298. The Labute approximate surface area is 414 Å². The summed E-state index contributed by atoms with van der Waals surface area (Å²) in [6.07, 6.45) is 48.7. The van der Waals surface area contributed by atoms with Crippen LogP contribution in [0.1, 0.15) is 245 Å². The summed E-state index contributed by atoms with van der Waals surface area (Å²) in [5, 5.41) is 40.0. The van der Waals surface area contributed by atoms with Gasteiger partial charge < -0.3 is 39.4 Å². The van der Waals surface area contributed by atoms with Crippen LogP contribution in [0.4, 0.5) is 0 Å². The topological polar surface area (TPSA) is 169 Å². The number of carbonyl (C=O) groups is 3. The van der Waals surface area contributed by atoms with Crippen LogP contribution in [0.15, 0.2) is 48.6 Å². The lowest BCUT2D eigenvalue weighted by Crippen LogP contribution is -2.60. The summed E-state index contributed by atoms with van der Waals surface area (Å²) in [6, 6.07) is 0. The zero-order valence-corrected chi connectivity index (χ0v) is 43.1. The fourth-order valence-electron chi connectivity index (χ4n) is 8.40. The van der Waals surface area contributed by atoms with Crippen molar-refractivity contribution in [3.63, 3.8) is 0 Å². The van der Waals surface area contributed by atoms with Gasteiger partial charge in [0.15, 0.2) is 18.5 Å². The smallest absolute Gasteiger partial charge is 0.335 e. The van der Waals surface area contributed by atoms with Gasteiger partial charge in [0.2, 0.25) is 0 Å². The number of aliphatic hydroxyl groups excluding tert-OH is 3. The van der Waals surface area contributed by atoms with E-state index in [1.54, 1.807) is 0 Å². The predicted molar refractivity (Wildman–Crippen MR) is 275 cm³/mol. The van der Waals surface area contributed by atoms with Crippen molar-refractivity contribution in [2.75, 3.05) is 13.2 Å².